The molecule has 1 nitrogen and oxygen atoms in total. The minimum atomic E-state index is 0.475. The van der Waals surface area contributed by atoms with Crippen molar-refractivity contribution in [1.82, 2.24) is 0 Å². The molecule has 1 heteroatoms. The van der Waals surface area contributed by atoms with E-state index in [1.165, 1.54) is 57.1 Å². The molecule has 2 aliphatic rings. The highest BCUT2D eigenvalue weighted by atomic mass is 14.9. The largest absolute Gasteiger partial charge is 0.382 e. The highest BCUT2D eigenvalue weighted by Gasteiger charge is 2.27. The van der Waals surface area contributed by atoms with Gasteiger partial charge in [-0.3, -0.25) is 0 Å². The molecule has 0 bridgehead atoms. The molecule has 0 heterocycles. The molecule has 1 saturated carbocycles. The molecule has 1 aromatic carbocycles. The van der Waals surface area contributed by atoms with Crippen LogP contribution in [0, 0.1) is 11.3 Å². The molecule has 21 heavy (non-hydrogen) atoms. The average Bonchev–Trinajstić information content (AvgIpc) is 2.75. The first-order valence-electron chi connectivity index (χ1n) is 8.91. The van der Waals surface area contributed by atoms with Crippen molar-refractivity contribution in [2.24, 2.45) is 11.3 Å². The van der Waals surface area contributed by atoms with E-state index < -0.39 is 0 Å². The molecule has 1 fully saturated rings. The number of fused-ring (bicyclic) bond motifs is 1. The molecule has 2 atom stereocenters. The van der Waals surface area contributed by atoms with Crippen molar-refractivity contribution in [3.63, 3.8) is 0 Å². The lowest BCUT2D eigenvalue weighted by molar-refractivity contribution is 0.214. The first-order chi connectivity index (χ1) is 10.0. The van der Waals surface area contributed by atoms with Gasteiger partial charge in [0.2, 0.25) is 0 Å². The maximum absolute atomic E-state index is 3.82. The first kappa shape index (κ1) is 14.9. The third kappa shape index (κ3) is 3.62. The fourth-order valence-electron chi connectivity index (χ4n) is 4.21. The number of aryl methyl sites for hydroxylation is 2. The first-order valence-corrected chi connectivity index (χ1v) is 8.91. The van der Waals surface area contributed by atoms with Crippen LogP contribution in [0.2, 0.25) is 0 Å². The monoisotopic (exact) mass is 285 g/mol. The van der Waals surface area contributed by atoms with Gasteiger partial charge in [-0.2, -0.15) is 0 Å². The number of anilines is 1. The fraction of sp³-hybridized carbons (Fsp3) is 0.700. The van der Waals surface area contributed by atoms with Crippen LogP contribution in [0.25, 0.3) is 0 Å². The van der Waals surface area contributed by atoms with Gasteiger partial charge in [0.05, 0.1) is 0 Å². The Balaban J connectivity index is 1.61. The van der Waals surface area contributed by atoms with Crippen LogP contribution < -0.4 is 5.32 Å². The Labute approximate surface area is 130 Å². The van der Waals surface area contributed by atoms with Gasteiger partial charge in [0.1, 0.15) is 0 Å². The quantitative estimate of drug-likeness (QED) is 0.699. The topological polar surface area (TPSA) is 12.0 Å². The second kappa shape index (κ2) is 6.02. The van der Waals surface area contributed by atoms with Gasteiger partial charge >= 0.3 is 0 Å². The van der Waals surface area contributed by atoms with E-state index in [2.05, 4.69) is 44.3 Å². The van der Waals surface area contributed by atoms with Gasteiger partial charge in [0, 0.05) is 11.7 Å². The number of hydrogen-bond acceptors (Lipinski definition) is 1. The molecule has 0 spiro atoms. The molecule has 2 aliphatic carbocycles. The van der Waals surface area contributed by atoms with Crippen LogP contribution >= 0.6 is 0 Å². The zero-order valence-corrected chi connectivity index (χ0v) is 14.0. The summed E-state index contributed by atoms with van der Waals surface area (Å²) in [7, 11) is 0. The molecule has 2 unspecified atom stereocenters. The van der Waals surface area contributed by atoms with Gasteiger partial charge in [-0.25, -0.2) is 0 Å². The van der Waals surface area contributed by atoms with Gasteiger partial charge in [-0.15, -0.1) is 0 Å². The second-order valence-electron chi connectivity index (χ2n) is 8.25. The zero-order valence-electron chi connectivity index (χ0n) is 14.0. The van der Waals surface area contributed by atoms with Gasteiger partial charge < -0.3 is 5.32 Å². The van der Waals surface area contributed by atoms with Crippen LogP contribution in [0.1, 0.15) is 70.4 Å². The van der Waals surface area contributed by atoms with Crippen molar-refractivity contribution >= 4 is 5.69 Å². The Bertz CT molecular complexity index is 483. The molecule has 0 radical (unpaired) electrons. The van der Waals surface area contributed by atoms with Gasteiger partial charge in [-0.05, 0) is 79.5 Å². The van der Waals surface area contributed by atoms with Crippen LogP contribution in [0.5, 0.6) is 0 Å². The molecule has 116 valence electrons. The Kier molecular flexibility index (Phi) is 4.28. The molecule has 0 saturated heterocycles. The van der Waals surface area contributed by atoms with Crippen molar-refractivity contribution in [1.29, 1.82) is 0 Å². The van der Waals surface area contributed by atoms with Crippen molar-refractivity contribution in [3.05, 3.63) is 29.3 Å². The van der Waals surface area contributed by atoms with Gasteiger partial charge in [0.25, 0.3) is 0 Å². The van der Waals surface area contributed by atoms with Crippen LogP contribution in [0.4, 0.5) is 5.69 Å². The van der Waals surface area contributed by atoms with E-state index in [1.54, 1.807) is 11.1 Å². The molecule has 1 N–H and O–H groups in total. The lowest BCUT2D eigenvalue weighted by atomic mass is 9.76. The SMILES string of the molecule is CC(C)(C)C1CCCC(Nc2ccc3c(c2)CCC3)CC1. The highest BCUT2D eigenvalue weighted by Crippen LogP contribution is 2.37. The van der Waals surface area contributed by atoms with Gasteiger partial charge in [-0.1, -0.05) is 33.3 Å². The van der Waals surface area contributed by atoms with Crippen LogP contribution in [-0.4, -0.2) is 6.04 Å². The van der Waals surface area contributed by atoms with Gasteiger partial charge in [0.15, 0.2) is 0 Å². The molecular formula is C20H31N. The number of benzene rings is 1. The smallest absolute Gasteiger partial charge is 0.0345 e. The maximum Gasteiger partial charge on any atom is 0.0345 e. The third-order valence-electron chi connectivity index (χ3n) is 5.66. The Morgan fingerprint density at radius 3 is 2.52 bits per heavy atom. The summed E-state index contributed by atoms with van der Waals surface area (Å²) in [4.78, 5) is 0. The van der Waals surface area contributed by atoms with Crippen molar-refractivity contribution < 1.29 is 0 Å². The van der Waals surface area contributed by atoms with E-state index in [-0.39, 0.29) is 0 Å². The Morgan fingerprint density at radius 1 is 0.905 bits per heavy atom. The minimum Gasteiger partial charge on any atom is -0.382 e. The van der Waals surface area contributed by atoms with Crippen molar-refractivity contribution in [2.45, 2.75) is 78.2 Å². The third-order valence-corrected chi connectivity index (χ3v) is 5.66. The van der Waals surface area contributed by atoms with Crippen LogP contribution in [-0.2, 0) is 12.8 Å². The summed E-state index contributed by atoms with van der Waals surface area (Å²) >= 11 is 0. The standard InChI is InChI=1S/C20H31N/c1-20(2,3)17-8-5-9-18(13-11-17)21-19-12-10-15-6-4-7-16(15)14-19/h10,12,14,17-18,21H,4-9,11,13H2,1-3H3. The number of nitrogens with one attached hydrogen (secondary N) is 1. The van der Waals surface area contributed by atoms with Crippen molar-refractivity contribution in [3.8, 4) is 0 Å². The van der Waals surface area contributed by atoms with E-state index in [0.717, 1.165) is 5.92 Å². The van der Waals surface area contributed by atoms with E-state index in [9.17, 15) is 0 Å². The molecule has 3 rings (SSSR count). The normalized spacial score (nSPS) is 26.2. The lowest BCUT2D eigenvalue weighted by Gasteiger charge is -2.29. The molecule has 1 aromatic rings. The summed E-state index contributed by atoms with van der Waals surface area (Å²) in [6.07, 6.45) is 10.7. The fourth-order valence-corrected chi connectivity index (χ4v) is 4.21. The summed E-state index contributed by atoms with van der Waals surface area (Å²) in [6.45, 7) is 7.23. The molecular weight excluding hydrogens is 254 g/mol. The summed E-state index contributed by atoms with van der Waals surface area (Å²) in [5.74, 6) is 0.893. The summed E-state index contributed by atoms with van der Waals surface area (Å²) < 4.78 is 0. The average molecular weight is 285 g/mol. The summed E-state index contributed by atoms with van der Waals surface area (Å²) in [6, 6.07) is 7.74. The predicted octanol–water partition coefficient (Wildman–Crippen LogP) is 5.58. The molecule has 0 aromatic heterocycles. The Hall–Kier alpha value is -0.980. The van der Waals surface area contributed by atoms with Crippen LogP contribution in [0.3, 0.4) is 0 Å². The number of hydrogen-bond donors (Lipinski definition) is 1. The van der Waals surface area contributed by atoms with E-state index in [4.69, 9.17) is 0 Å². The predicted molar refractivity (Wildman–Crippen MR) is 91.9 cm³/mol. The zero-order chi connectivity index (χ0) is 14.9. The van der Waals surface area contributed by atoms with Crippen molar-refractivity contribution in [2.75, 3.05) is 5.32 Å². The number of rotatable bonds is 2. The molecule has 0 aliphatic heterocycles. The lowest BCUT2D eigenvalue weighted by Crippen LogP contribution is -2.21. The highest BCUT2D eigenvalue weighted by molar-refractivity contribution is 5.50. The summed E-state index contributed by atoms with van der Waals surface area (Å²) in [5, 5.41) is 3.82. The second-order valence-corrected chi connectivity index (χ2v) is 8.25. The Morgan fingerprint density at radius 2 is 1.71 bits per heavy atom. The van der Waals surface area contributed by atoms with E-state index in [1.807, 2.05) is 0 Å². The minimum absolute atomic E-state index is 0.475. The summed E-state index contributed by atoms with van der Waals surface area (Å²) in [5.41, 5.74) is 4.99. The van der Waals surface area contributed by atoms with E-state index in [0.29, 0.717) is 11.5 Å². The van der Waals surface area contributed by atoms with Crippen LogP contribution in [0.15, 0.2) is 18.2 Å². The molecule has 0 amide bonds. The van der Waals surface area contributed by atoms with E-state index >= 15 is 0 Å². The maximum atomic E-state index is 3.82.